The number of aromatic nitrogens is 4. The molecule has 0 aliphatic carbocycles. The van der Waals surface area contributed by atoms with Crippen molar-refractivity contribution in [3.8, 4) is 0 Å². The van der Waals surface area contributed by atoms with Crippen LogP contribution >= 0.6 is 22.7 Å². The van der Waals surface area contributed by atoms with Crippen molar-refractivity contribution < 1.29 is 4.79 Å². The van der Waals surface area contributed by atoms with Crippen molar-refractivity contribution in [1.82, 2.24) is 19.7 Å². The second-order valence-corrected chi connectivity index (χ2v) is 7.70. The minimum Gasteiger partial charge on any atom is -0.299 e. The number of hydrogen-bond donors (Lipinski definition) is 1. The number of aryl methyl sites for hydroxylation is 3. The number of carbonyl (C=O) groups excluding carboxylic acids is 1. The van der Waals surface area contributed by atoms with Gasteiger partial charge in [-0.1, -0.05) is 31.6 Å². The average molecular weight is 377 g/mol. The van der Waals surface area contributed by atoms with Gasteiger partial charge in [-0.3, -0.25) is 19.5 Å². The molecule has 0 unspecified atom stereocenters. The summed E-state index contributed by atoms with van der Waals surface area (Å²) in [5.41, 5.74) is 0.580. The summed E-state index contributed by atoms with van der Waals surface area (Å²) >= 11 is 2.58. The van der Waals surface area contributed by atoms with E-state index in [0.29, 0.717) is 32.3 Å². The molecule has 0 aliphatic rings. The van der Waals surface area contributed by atoms with Crippen molar-refractivity contribution in [2.24, 2.45) is 0 Å². The van der Waals surface area contributed by atoms with E-state index in [2.05, 4.69) is 27.4 Å². The summed E-state index contributed by atoms with van der Waals surface area (Å²) in [7, 11) is 0. The standard InChI is InChI=1S/C16H19N5O2S2/c1-4-6-7-21-8-17-14-11(15(21)23)9(3)12(25-14)13(22)18-16-20-19-10(5-2)24-16/h8H,4-7H2,1-3H3,(H,18,20,22). The van der Waals surface area contributed by atoms with Gasteiger partial charge < -0.3 is 0 Å². The van der Waals surface area contributed by atoms with E-state index in [1.54, 1.807) is 17.8 Å². The van der Waals surface area contributed by atoms with Crippen LogP contribution in [0.5, 0.6) is 0 Å². The van der Waals surface area contributed by atoms with Gasteiger partial charge in [-0.2, -0.15) is 0 Å². The van der Waals surface area contributed by atoms with Gasteiger partial charge >= 0.3 is 0 Å². The first-order valence-corrected chi connectivity index (χ1v) is 9.80. The lowest BCUT2D eigenvalue weighted by atomic mass is 10.2. The summed E-state index contributed by atoms with van der Waals surface area (Å²) in [5, 5.41) is 12.6. The van der Waals surface area contributed by atoms with Crippen LogP contribution in [0.3, 0.4) is 0 Å². The molecule has 1 N–H and O–H groups in total. The zero-order valence-corrected chi connectivity index (χ0v) is 16.0. The van der Waals surface area contributed by atoms with E-state index in [0.717, 1.165) is 24.3 Å². The molecule has 3 aromatic rings. The third-order valence-electron chi connectivity index (χ3n) is 3.87. The van der Waals surface area contributed by atoms with E-state index in [1.165, 1.54) is 22.7 Å². The average Bonchev–Trinajstić information content (AvgIpc) is 3.19. The Labute approximate surface area is 152 Å². The van der Waals surface area contributed by atoms with E-state index in [-0.39, 0.29) is 11.5 Å². The summed E-state index contributed by atoms with van der Waals surface area (Å²) in [6.07, 6.45) is 4.26. The van der Waals surface area contributed by atoms with Gasteiger partial charge in [-0.05, 0) is 25.3 Å². The fourth-order valence-corrected chi connectivity index (χ4v) is 4.17. The molecule has 0 atom stereocenters. The molecule has 0 radical (unpaired) electrons. The highest BCUT2D eigenvalue weighted by molar-refractivity contribution is 7.21. The quantitative estimate of drug-likeness (QED) is 0.712. The van der Waals surface area contributed by atoms with Crippen LogP contribution in [-0.4, -0.2) is 25.7 Å². The molecule has 0 saturated carbocycles. The summed E-state index contributed by atoms with van der Waals surface area (Å²) in [5.74, 6) is -0.279. The van der Waals surface area contributed by atoms with Gasteiger partial charge in [0.15, 0.2) is 0 Å². The van der Waals surface area contributed by atoms with Crippen molar-refractivity contribution in [2.75, 3.05) is 5.32 Å². The lowest BCUT2D eigenvalue weighted by molar-refractivity contribution is 0.103. The van der Waals surface area contributed by atoms with Gasteiger partial charge in [0, 0.05) is 6.54 Å². The fraction of sp³-hybridized carbons (Fsp3) is 0.438. The van der Waals surface area contributed by atoms with Gasteiger partial charge in [0.1, 0.15) is 9.84 Å². The monoisotopic (exact) mass is 377 g/mol. The van der Waals surface area contributed by atoms with Crippen LogP contribution in [0.2, 0.25) is 0 Å². The molecule has 0 spiro atoms. The third kappa shape index (κ3) is 3.47. The second-order valence-electron chi connectivity index (χ2n) is 5.64. The molecule has 0 saturated heterocycles. The van der Waals surface area contributed by atoms with Crippen molar-refractivity contribution in [3.63, 3.8) is 0 Å². The minimum atomic E-state index is -0.279. The van der Waals surface area contributed by atoms with Crippen molar-refractivity contribution in [3.05, 3.63) is 32.1 Å². The number of unbranched alkanes of at least 4 members (excludes halogenated alkanes) is 1. The number of carbonyl (C=O) groups is 1. The number of fused-ring (bicyclic) bond motifs is 1. The smallest absolute Gasteiger partial charge is 0.267 e. The summed E-state index contributed by atoms with van der Waals surface area (Å²) < 4.78 is 1.62. The zero-order chi connectivity index (χ0) is 18.0. The van der Waals surface area contributed by atoms with E-state index >= 15 is 0 Å². The molecule has 0 aromatic carbocycles. The van der Waals surface area contributed by atoms with Crippen LogP contribution in [0.1, 0.15) is 46.9 Å². The van der Waals surface area contributed by atoms with E-state index < -0.39 is 0 Å². The third-order valence-corrected chi connectivity index (χ3v) is 6.05. The first kappa shape index (κ1) is 17.7. The van der Waals surface area contributed by atoms with Crippen LogP contribution in [0.25, 0.3) is 10.2 Å². The van der Waals surface area contributed by atoms with Gasteiger partial charge in [0.05, 0.1) is 16.6 Å². The Morgan fingerprint density at radius 1 is 1.28 bits per heavy atom. The first-order chi connectivity index (χ1) is 12.0. The van der Waals surface area contributed by atoms with Crippen LogP contribution in [-0.2, 0) is 13.0 Å². The van der Waals surface area contributed by atoms with Crippen molar-refractivity contribution in [1.29, 1.82) is 0 Å². The molecule has 3 aromatic heterocycles. The largest absolute Gasteiger partial charge is 0.299 e. The van der Waals surface area contributed by atoms with Crippen molar-refractivity contribution in [2.45, 2.75) is 46.6 Å². The number of hydrogen-bond acceptors (Lipinski definition) is 7. The van der Waals surface area contributed by atoms with E-state index in [9.17, 15) is 9.59 Å². The molecule has 3 heterocycles. The summed E-state index contributed by atoms with van der Waals surface area (Å²) in [6.45, 7) is 6.49. The van der Waals surface area contributed by atoms with Crippen LogP contribution in [0.15, 0.2) is 11.1 Å². The van der Waals surface area contributed by atoms with Gasteiger partial charge in [0.25, 0.3) is 11.5 Å². The Morgan fingerprint density at radius 2 is 2.08 bits per heavy atom. The Morgan fingerprint density at radius 3 is 2.76 bits per heavy atom. The Balaban J connectivity index is 1.94. The van der Waals surface area contributed by atoms with Gasteiger partial charge in [-0.15, -0.1) is 21.5 Å². The predicted octanol–water partition coefficient (Wildman–Crippen LogP) is 3.23. The Bertz CT molecular complexity index is 973. The van der Waals surface area contributed by atoms with Crippen LogP contribution in [0.4, 0.5) is 5.13 Å². The molecule has 1 amide bonds. The molecule has 0 fully saturated rings. The van der Waals surface area contributed by atoms with Gasteiger partial charge in [-0.25, -0.2) is 4.98 Å². The number of nitrogens with one attached hydrogen (secondary N) is 1. The number of thiophene rings is 1. The summed E-state index contributed by atoms with van der Waals surface area (Å²) in [4.78, 5) is 30.7. The second kappa shape index (κ2) is 7.40. The molecular formula is C16H19N5O2S2. The Hall–Kier alpha value is -2.13. The van der Waals surface area contributed by atoms with E-state index in [4.69, 9.17) is 0 Å². The minimum absolute atomic E-state index is 0.0876. The number of anilines is 1. The molecule has 132 valence electrons. The molecule has 0 aliphatic heterocycles. The Kier molecular flexibility index (Phi) is 5.24. The molecule has 9 heteroatoms. The molecular weight excluding hydrogens is 358 g/mol. The topological polar surface area (TPSA) is 89.8 Å². The van der Waals surface area contributed by atoms with Crippen molar-refractivity contribution >= 4 is 43.9 Å². The lowest BCUT2D eigenvalue weighted by Gasteiger charge is -2.03. The van der Waals surface area contributed by atoms with E-state index in [1.807, 2.05) is 6.92 Å². The zero-order valence-electron chi connectivity index (χ0n) is 14.3. The lowest BCUT2D eigenvalue weighted by Crippen LogP contribution is -2.20. The normalized spacial score (nSPS) is 11.2. The number of nitrogens with zero attached hydrogens (tertiary/aromatic N) is 4. The maximum absolute atomic E-state index is 12.7. The highest BCUT2D eigenvalue weighted by atomic mass is 32.1. The predicted molar refractivity (Wildman–Crippen MR) is 101 cm³/mol. The fourth-order valence-electron chi connectivity index (χ4n) is 2.46. The van der Waals surface area contributed by atoms with Gasteiger partial charge in [0.2, 0.25) is 5.13 Å². The SMILES string of the molecule is CCCCn1cnc2sc(C(=O)Nc3nnc(CC)s3)c(C)c2c1=O. The summed E-state index contributed by atoms with van der Waals surface area (Å²) in [6, 6.07) is 0. The van der Waals surface area contributed by atoms with Crippen LogP contribution in [0, 0.1) is 6.92 Å². The molecule has 25 heavy (non-hydrogen) atoms. The maximum atomic E-state index is 12.7. The first-order valence-electron chi connectivity index (χ1n) is 8.17. The van der Waals surface area contributed by atoms with Crippen LogP contribution < -0.4 is 10.9 Å². The molecule has 3 rings (SSSR count). The number of rotatable bonds is 6. The highest BCUT2D eigenvalue weighted by Crippen LogP contribution is 2.28. The molecule has 0 bridgehead atoms. The highest BCUT2D eigenvalue weighted by Gasteiger charge is 2.20. The molecule has 7 nitrogen and oxygen atoms in total. The maximum Gasteiger partial charge on any atom is 0.267 e. The number of amides is 1.